The Balaban J connectivity index is 1.38. The SMILES string of the molecule is SCCSCCSC1CC2C(C1)[C@H]1C=C[C@@H]2C1. The molecule has 2 bridgehead atoms. The first-order chi connectivity index (χ1) is 8.38. The molecule has 0 N–H and O–H groups in total. The van der Waals surface area contributed by atoms with Crippen LogP contribution in [0.2, 0.25) is 0 Å². The van der Waals surface area contributed by atoms with Crippen LogP contribution in [0.25, 0.3) is 0 Å². The van der Waals surface area contributed by atoms with E-state index in [9.17, 15) is 0 Å². The van der Waals surface area contributed by atoms with Crippen LogP contribution in [-0.4, -0.2) is 28.3 Å². The van der Waals surface area contributed by atoms with Crippen LogP contribution < -0.4 is 0 Å². The van der Waals surface area contributed by atoms with Crippen molar-refractivity contribution in [3.05, 3.63) is 12.2 Å². The van der Waals surface area contributed by atoms with Gasteiger partial charge in [-0.15, -0.1) is 0 Å². The summed E-state index contributed by atoms with van der Waals surface area (Å²) in [6, 6.07) is 0. The van der Waals surface area contributed by atoms with E-state index in [0.29, 0.717) is 0 Å². The Kier molecular flexibility index (Phi) is 4.39. The number of rotatable bonds is 6. The number of thioether (sulfide) groups is 2. The molecule has 0 aliphatic heterocycles. The second-order valence-electron chi connectivity index (χ2n) is 5.58. The monoisotopic (exact) mass is 286 g/mol. The summed E-state index contributed by atoms with van der Waals surface area (Å²) in [5.41, 5.74) is 0. The van der Waals surface area contributed by atoms with Crippen molar-refractivity contribution in [2.24, 2.45) is 23.7 Å². The summed E-state index contributed by atoms with van der Waals surface area (Å²) >= 11 is 8.56. The maximum Gasteiger partial charge on any atom is 0.00532 e. The van der Waals surface area contributed by atoms with Gasteiger partial charge in [-0.1, -0.05) is 12.2 Å². The molecule has 0 aromatic rings. The lowest BCUT2D eigenvalue weighted by molar-refractivity contribution is 0.364. The zero-order valence-corrected chi connectivity index (χ0v) is 12.8. The summed E-state index contributed by atoms with van der Waals surface area (Å²) in [6.07, 6.45) is 9.55. The fraction of sp³-hybridized carbons (Fsp3) is 0.857. The Labute approximate surface area is 119 Å². The third kappa shape index (κ3) is 2.71. The average Bonchev–Trinajstić information content (AvgIpc) is 3.00. The van der Waals surface area contributed by atoms with Gasteiger partial charge in [-0.2, -0.15) is 36.2 Å². The molecule has 3 rings (SSSR count). The molecule has 0 spiro atoms. The van der Waals surface area contributed by atoms with Gasteiger partial charge in [0.1, 0.15) is 0 Å². The van der Waals surface area contributed by atoms with Crippen LogP contribution in [0.5, 0.6) is 0 Å². The molecule has 3 unspecified atom stereocenters. The quantitative estimate of drug-likeness (QED) is 0.445. The van der Waals surface area contributed by atoms with Gasteiger partial charge in [0.15, 0.2) is 0 Å². The minimum Gasteiger partial charge on any atom is -0.179 e. The molecule has 0 nitrogen and oxygen atoms in total. The molecule has 3 aliphatic carbocycles. The van der Waals surface area contributed by atoms with Crippen LogP contribution in [0, 0.1) is 23.7 Å². The molecule has 96 valence electrons. The van der Waals surface area contributed by atoms with Gasteiger partial charge in [0.2, 0.25) is 0 Å². The zero-order chi connectivity index (χ0) is 11.7. The Bertz CT molecular complexity index is 269. The van der Waals surface area contributed by atoms with Crippen molar-refractivity contribution < 1.29 is 0 Å². The van der Waals surface area contributed by atoms with Crippen molar-refractivity contribution in [1.29, 1.82) is 0 Å². The van der Waals surface area contributed by atoms with Crippen LogP contribution in [0.4, 0.5) is 0 Å². The predicted molar refractivity (Wildman–Crippen MR) is 84.4 cm³/mol. The highest BCUT2D eigenvalue weighted by Gasteiger charge is 2.49. The van der Waals surface area contributed by atoms with E-state index >= 15 is 0 Å². The molecule has 0 aromatic carbocycles. The molecule has 0 heterocycles. The largest absolute Gasteiger partial charge is 0.179 e. The normalized spacial score (nSPS) is 42.3. The van der Waals surface area contributed by atoms with Crippen molar-refractivity contribution in [3.63, 3.8) is 0 Å². The van der Waals surface area contributed by atoms with Gasteiger partial charge < -0.3 is 0 Å². The van der Waals surface area contributed by atoms with Crippen LogP contribution in [0.3, 0.4) is 0 Å². The lowest BCUT2D eigenvalue weighted by Crippen LogP contribution is -2.12. The molecule has 0 amide bonds. The topological polar surface area (TPSA) is 0 Å². The number of allylic oxidation sites excluding steroid dienone is 2. The van der Waals surface area contributed by atoms with Crippen LogP contribution >= 0.6 is 36.2 Å². The molecule has 2 fully saturated rings. The molecule has 0 aromatic heterocycles. The summed E-state index contributed by atoms with van der Waals surface area (Å²) in [5, 5.41) is 0.979. The molecular weight excluding hydrogens is 264 g/mol. The Morgan fingerprint density at radius 1 is 0.941 bits per heavy atom. The first-order valence-corrected chi connectivity index (χ1v) is 9.70. The summed E-state index contributed by atoms with van der Waals surface area (Å²) < 4.78 is 0. The number of hydrogen-bond donors (Lipinski definition) is 1. The number of thiol groups is 1. The Hall–Kier alpha value is 0.790. The van der Waals surface area contributed by atoms with E-state index in [0.717, 1.165) is 34.7 Å². The molecule has 0 radical (unpaired) electrons. The van der Waals surface area contributed by atoms with Crippen molar-refractivity contribution in [1.82, 2.24) is 0 Å². The minimum atomic E-state index is 0.967. The van der Waals surface area contributed by atoms with E-state index in [2.05, 4.69) is 48.3 Å². The lowest BCUT2D eigenvalue weighted by Gasteiger charge is -2.18. The first-order valence-electron chi connectivity index (χ1n) is 6.87. The van der Waals surface area contributed by atoms with E-state index in [4.69, 9.17) is 0 Å². The lowest BCUT2D eigenvalue weighted by atomic mass is 9.86. The summed E-state index contributed by atoms with van der Waals surface area (Å²) in [7, 11) is 0. The predicted octanol–water partition coefficient (Wildman–Crippen LogP) is 3.98. The second-order valence-corrected chi connectivity index (χ2v) is 8.66. The molecule has 3 heteroatoms. The van der Waals surface area contributed by atoms with Crippen molar-refractivity contribution in [2.45, 2.75) is 24.5 Å². The zero-order valence-electron chi connectivity index (χ0n) is 10.3. The van der Waals surface area contributed by atoms with Gasteiger partial charge in [-0.3, -0.25) is 0 Å². The fourth-order valence-corrected chi connectivity index (χ4v) is 6.63. The molecule has 0 saturated heterocycles. The molecular formula is C14H22S3. The molecule has 5 atom stereocenters. The standard InChI is InChI=1S/C14H22S3/c15-3-4-16-5-6-17-12-8-13-10-1-2-11(7-10)14(13)9-12/h1-2,10-15H,3-9H2/t10-,11+,12?,13?,14?. The molecule has 2 saturated carbocycles. The maximum atomic E-state index is 4.25. The molecule has 17 heavy (non-hydrogen) atoms. The van der Waals surface area contributed by atoms with Gasteiger partial charge in [0, 0.05) is 22.5 Å². The number of fused-ring (bicyclic) bond motifs is 5. The van der Waals surface area contributed by atoms with E-state index in [-0.39, 0.29) is 0 Å². The van der Waals surface area contributed by atoms with Crippen LogP contribution in [0.15, 0.2) is 12.2 Å². The van der Waals surface area contributed by atoms with Crippen molar-refractivity contribution in [3.8, 4) is 0 Å². The van der Waals surface area contributed by atoms with E-state index < -0.39 is 0 Å². The highest BCUT2D eigenvalue weighted by Crippen LogP contribution is 2.57. The highest BCUT2D eigenvalue weighted by molar-refractivity contribution is 8.03. The van der Waals surface area contributed by atoms with Gasteiger partial charge in [0.05, 0.1) is 0 Å². The van der Waals surface area contributed by atoms with Gasteiger partial charge >= 0.3 is 0 Å². The smallest absolute Gasteiger partial charge is 0.00532 e. The van der Waals surface area contributed by atoms with E-state index in [1.165, 1.54) is 36.5 Å². The van der Waals surface area contributed by atoms with E-state index in [1.54, 1.807) is 0 Å². The average molecular weight is 287 g/mol. The summed E-state index contributed by atoms with van der Waals surface area (Å²) in [4.78, 5) is 0. The van der Waals surface area contributed by atoms with Gasteiger partial charge in [0.25, 0.3) is 0 Å². The summed E-state index contributed by atoms with van der Waals surface area (Å²) in [5.74, 6) is 8.97. The van der Waals surface area contributed by atoms with Crippen LogP contribution in [0.1, 0.15) is 19.3 Å². The maximum absolute atomic E-state index is 4.25. The van der Waals surface area contributed by atoms with Crippen molar-refractivity contribution >= 4 is 36.2 Å². The minimum absolute atomic E-state index is 0.967. The summed E-state index contributed by atoms with van der Waals surface area (Å²) in [6.45, 7) is 0. The third-order valence-electron chi connectivity index (χ3n) is 4.69. The third-order valence-corrected chi connectivity index (χ3v) is 7.75. The van der Waals surface area contributed by atoms with E-state index in [1.807, 2.05) is 0 Å². The Morgan fingerprint density at radius 2 is 1.65 bits per heavy atom. The van der Waals surface area contributed by atoms with Crippen molar-refractivity contribution in [2.75, 3.05) is 23.0 Å². The Morgan fingerprint density at radius 3 is 2.29 bits per heavy atom. The number of hydrogen-bond acceptors (Lipinski definition) is 3. The highest BCUT2D eigenvalue weighted by atomic mass is 32.2. The second kappa shape index (κ2) is 5.83. The molecule has 3 aliphatic rings. The van der Waals surface area contributed by atoms with Gasteiger partial charge in [-0.25, -0.2) is 0 Å². The first kappa shape index (κ1) is 12.8. The fourth-order valence-electron chi connectivity index (χ4n) is 4.01. The van der Waals surface area contributed by atoms with Gasteiger partial charge in [-0.05, 0) is 48.7 Å². The van der Waals surface area contributed by atoms with Crippen LogP contribution in [-0.2, 0) is 0 Å².